The Morgan fingerprint density at radius 1 is 0.923 bits per heavy atom. The predicted molar refractivity (Wildman–Crippen MR) is 80.2 cm³/mol. The van der Waals surface area contributed by atoms with E-state index in [2.05, 4.69) is 5.32 Å². The van der Waals surface area contributed by atoms with Crippen LogP contribution >= 0.6 is 0 Å². The summed E-state index contributed by atoms with van der Waals surface area (Å²) in [4.78, 5) is 11.3. The monoisotopic (exact) mass is 383 g/mol. The second-order valence-electron chi connectivity index (χ2n) is 6.30. The van der Waals surface area contributed by atoms with Crippen LogP contribution in [0.5, 0.6) is 0 Å². The van der Waals surface area contributed by atoms with Gasteiger partial charge in [-0.1, -0.05) is 0 Å². The van der Waals surface area contributed by atoms with Crippen molar-refractivity contribution in [2.45, 2.75) is 68.3 Å². The fourth-order valence-electron chi connectivity index (χ4n) is 2.87. The summed E-state index contributed by atoms with van der Waals surface area (Å²) in [6, 6.07) is -1.19. The zero-order valence-electron chi connectivity index (χ0n) is 14.0. The lowest BCUT2D eigenvalue weighted by atomic mass is 9.96. The van der Waals surface area contributed by atoms with Gasteiger partial charge in [-0.15, -0.1) is 0 Å². The second-order valence-corrected chi connectivity index (χ2v) is 6.30. The molecule has 1 amide bonds. The summed E-state index contributed by atoms with van der Waals surface area (Å²) in [5.74, 6) is -0.538. The minimum Gasteiger partial charge on any atom is -0.394 e. The zero-order chi connectivity index (χ0) is 19.6. The lowest BCUT2D eigenvalue weighted by molar-refractivity contribution is -0.311. The minimum absolute atomic E-state index is 0.455. The molecule has 2 aliphatic rings. The summed E-state index contributed by atoms with van der Waals surface area (Å²) in [5, 5.41) is 70.1. The number of rotatable bonds is 5. The van der Waals surface area contributed by atoms with Gasteiger partial charge < -0.3 is 55.3 Å². The average Bonchev–Trinajstić information content (AvgIpc) is 2.60. The van der Waals surface area contributed by atoms with Crippen LogP contribution in [0, 0.1) is 0 Å². The van der Waals surface area contributed by atoms with Crippen molar-refractivity contribution in [3.63, 3.8) is 0 Å². The first kappa shape index (κ1) is 21.4. The van der Waals surface area contributed by atoms with Crippen LogP contribution < -0.4 is 5.32 Å². The highest BCUT2D eigenvalue weighted by atomic mass is 16.7. The largest absolute Gasteiger partial charge is 0.394 e. The van der Waals surface area contributed by atoms with Gasteiger partial charge in [0.15, 0.2) is 12.6 Å². The Balaban J connectivity index is 2.05. The number of nitrogens with one attached hydrogen (secondary N) is 1. The van der Waals surface area contributed by atoms with Crippen molar-refractivity contribution in [3.8, 4) is 0 Å². The Hall–Kier alpha value is -0.930. The summed E-state index contributed by atoms with van der Waals surface area (Å²) in [5.41, 5.74) is 0. The lowest BCUT2D eigenvalue weighted by Gasteiger charge is -2.43. The summed E-state index contributed by atoms with van der Waals surface area (Å²) in [6.07, 6.45) is -13.5. The molecule has 12 nitrogen and oxygen atoms in total. The third kappa shape index (κ3) is 4.48. The van der Waals surface area contributed by atoms with E-state index in [1.54, 1.807) is 0 Å². The van der Waals surface area contributed by atoms with E-state index in [-0.39, 0.29) is 0 Å². The van der Waals surface area contributed by atoms with E-state index >= 15 is 0 Å². The van der Waals surface area contributed by atoms with Gasteiger partial charge in [-0.2, -0.15) is 0 Å². The normalized spacial score (nSPS) is 46.8. The highest BCUT2D eigenvalue weighted by Crippen LogP contribution is 2.25. The molecular formula is C14H25NO11. The molecule has 0 aliphatic carbocycles. The molecule has 152 valence electrons. The van der Waals surface area contributed by atoms with E-state index < -0.39 is 80.5 Å². The molecule has 2 rings (SSSR count). The molecule has 10 atom stereocenters. The van der Waals surface area contributed by atoms with E-state index in [4.69, 9.17) is 14.2 Å². The van der Waals surface area contributed by atoms with Gasteiger partial charge in [0.2, 0.25) is 5.91 Å². The molecule has 0 bridgehead atoms. The van der Waals surface area contributed by atoms with E-state index in [9.17, 15) is 40.5 Å². The molecule has 12 heteroatoms. The summed E-state index contributed by atoms with van der Waals surface area (Å²) >= 11 is 0. The second kappa shape index (κ2) is 8.84. The number of aliphatic hydroxyl groups is 7. The number of carbonyl (C=O) groups excluding carboxylic acids is 1. The van der Waals surface area contributed by atoms with Crippen molar-refractivity contribution < 1.29 is 54.8 Å². The number of carbonyl (C=O) groups is 1. The molecule has 2 heterocycles. The first-order valence-electron chi connectivity index (χ1n) is 8.06. The number of ether oxygens (including phenoxy) is 3. The highest BCUT2D eigenvalue weighted by molar-refractivity contribution is 5.73. The molecule has 2 fully saturated rings. The predicted octanol–water partition coefficient (Wildman–Crippen LogP) is -5.25. The molecule has 2 aliphatic heterocycles. The van der Waals surface area contributed by atoms with Crippen LogP contribution in [0.2, 0.25) is 0 Å². The molecule has 8 N–H and O–H groups in total. The summed E-state index contributed by atoms with van der Waals surface area (Å²) in [7, 11) is 0. The SMILES string of the molecule is CC(=O)N[C@@H]1[C@H](OC[C@@H]2O[C@H](O)[C@@H](O)[C@H](O)[C@H]2O)O[C@H](CO)[C@@H](O)[C@@H]1O. The maximum absolute atomic E-state index is 11.3. The van der Waals surface area contributed by atoms with Crippen LogP contribution in [0.3, 0.4) is 0 Å². The van der Waals surface area contributed by atoms with Gasteiger partial charge in [0, 0.05) is 6.92 Å². The van der Waals surface area contributed by atoms with Crippen LogP contribution in [-0.4, -0.2) is 116 Å². The molecule has 0 spiro atoms. The lowest BCUT2D eigenvalue weighted by Crippen LogP contribution is -2.65. The molecular weight excluding hydrogens is 358 g/mol. The van der Waals surface area contributed by atoms with Crippen molar-refractivity contribution in [2.24, 2.45) is 0 Å². The first-order valence-corrected chi connectivity index (χ1v) is 8.06. The Morgan fingerprint density at radius 3 is 2.12 bits per heavy atom. The van der Waals surface area contributed by atoms with Gasteiger partial charge in [0.1, 0.15) is 48.8 Å². The summed E-state index contributed by atoms with van der Waals surface area (Å²) < 4.78 is 15.7. The number of hydrogen-bond donors (Lipinski definition) is 8. The van der Waals surface area contributed by atoms with Crippen molar-refractivity contribution in [1.29, 1.82) is 0 Å². The standard InChI is InChI=1S/C14H25NO11/c1-4(17)15-7-10(20)8(18)5(2-16)26-14(7)24-3-6-9(19)11(21)12(22)13(23)25-6/h5-14,16,18-23H,2-3H2,1H3,(H,15,17)/t5-,6+,7+,8-,9+,10-,11-,12+,13+,14-/m1/s1. The van der Waals surface area contributed by atoms with E-state index in [1.807, 2.05) is 0 Å². The Morgan fingerprint density at radius 2 is 1.54 bits per heavy atom. The highest BCUT2D eigenvalue weighted by Gasteiger charge is 2.47. The first-order chi connectivity index (χ1) is 12.2. The molecule has 2 saturated heterocycles. The zero-order valence-corrected chi connectivity index (χ0v) is 14.0. The van der Waals surface area contributed by atoms with Crippen LogP contribution in [0.1, 0.15) is 6.92 Å². The quantitative estimate of drug-likeness (QED) is 0.226. The molecule has 0 aromatic carbocycles. The number of hydrogen-bond acceptors (Lipinski definition) is 11. The maximum Gasteiger partial charge on any atom is 0.217 e. The van der Waals surface area contributed by atoms with Gasteiger partial charge in [-0.05, 0) is 0 Å². The molecule has 0 saturated carbocycles. The summed E-state index contributed by atoms with van der Waals surface area (Å²) in [6.45, 7) is 0.0944. The average molecular weight is 383 g/mol. The Labute approximate surface area is 148 Å². The van der Waals surface area contributed by atoms with Gasteiger partial charge in [0.05, 0.1) is 13.2 Å². The molecule has 0 aromatic rings. The maximum atomic E-state index is 11.3. The van der Waals surface area contributed by atoms with Gasteiger partial charge in [-0.25, -0.2) is 0 Å². The fraction of sp³-hybridized carbons (Fsp3) is 0.929. The van der Waals surface area contributed by atoms with Gasteiger partial charge >= 0.3 is 0 Å². The van der Waals surface area contributed by atoms with Gasteiger partial charge in [0.25, 0.3) is 0 Å². The Kier molecular flexibility index (Phi) is 7.27. The third-order valence-corrected chi connectivity index (χ3v) is 4.36. The Bertz CT molecular complexity index is 480. The number of amides is 1. The van der Waals surface area contributed by atoms with Crippen molar-refractivity contribution in [2.75, 3.05) is 13.2 Å². The van der Waals surface area contributed by atoms with Crippen LogP contribution in [0.15, 0.2) is 0 Å². The van der Waals surface area contributed by atoms with Crippen molar-refractivity contribution in [3.05, 3.63) is 0 Å². The van der Waals surface area contributed by atoms with Crippen LogP contribution in [0.25, 0.3) is 0 Å². The fourth-order valence-corrected chi connectivity index (χ4v) is 2.87. The third-order valence-electron chi connectivity index (χ3n) is 4.36. The van der Waals surface area contributed by atoms with Crippen molar-refractivity contribution >= 4 is 5.91 Å². The minimum atomic E-state index is -1.75. The van der Waals surface area contributed by atoms with Crippen molar-refractivity contribution in [1.82, 2.24) is 5.32 Å². The topological polar surface area (TPSA) is 198 Å². The smallest absolute Gasteiger partial charge is 0.217 e. The van der Waals surface area contributed by atoms with Gasteiger partial charge in [-0.3, -0.25) is 4.79 Å². The molecule has 0 radical (unpaired) electrons. The molecule has 0 aromatic heterocycles. The molecule has 0 unspecified atom stereocenters. The van der Waals surface area contributed by atoms with E-state index in [0.717, 1.165) is 0 Å². The van der Waals surface area contributed by atoms with Crippen LogP contribution in [-0.2, 0) is 19.0 Å². The van der Waals surface area contributed by atoms with E-state index in [1.165, 1.54) is 6.92 Å². The van der Waals surface area contributed by atoms with Crippen LogP contribution in [0.4, 0.5) is 0 Å². The molecule has 26 heavy (non-hydrogen) atoms. The number of aliphatic hydroxyl groups excluding tert-OH is 7. The van der Waals surface area contributed by atoms with E-state index in [0.29, 0.717) is 0 Å².